The van der Waals surface area contributed by atoms with Crippen LogP contribution in [0.3, 0.4) is 0 Å². The molecule has 0 bridgehead atoms. The minimum absolute atomic E-state index is 0.0404. The van der Waals surface area contributed by atoms with Crippen LogP contribution in [0.4, 0.5) is 5.69 Å². The van der Waals surface area contributed by atoms with Crippen LogP contribution in [-0.4, -0.2) is 11.9 Å². The van der Waals surface area contributed by atoms with Crippen molar-refractivity contribution >= 4 is 11.5 Å². The van der Waals surface area contributed by atoms with Gasteiger partial charge in [0.1, 0.15) is 17.6 Å². The van der Waals surface area contributed by atoms with Gasteiger partial charge in [-0.05, 0) is 43.5 Å². The van der Waals surface area contributed by atoms with Gasteiger partial charge in [0, 0.05) is 12.1 Å². The highest BCUT2D eigenvalue weighted by molar-refractivity contribution is 5.76. The first kappa shape index (κ1) is 10.0. The van der Waals surface area contributed by atoms with Crippen LogP contribution in [0.5, 0.6) is 5.75 Å². The Morgan fingerprint density at radius 1 is 1.60 bits per heavy atom. The number of carbonyl (C=O) groups excluding carboxylic acids is 1. The highest BCUT2D eigenvalue weighted by atomic mass is 16.5. The lowest BCUT2D eigenvalue weighted by molar-refractivity contribution is -0.118. The smallest absolute Gasteiger partial charge is 0.133 e. The molecule has 0 fully saturated rings. The maximum Gasteiger partial charge on any atom is 0.133 e. The van der Waals surface area contributed by atoms with Gasteiger partial charge >= 0.3 is 0 Å². The predicted molar refractivity (Wildman–Crippen MR) is 58.9 cm³/mol. The van der Waals surface area contributed by atoms with E-state index in [1.807, 2.05) is 18.2 Å². The van der Waals surface area contributed by atoms with E-state index in [1.54, 1.807) is 6.92 Å². The molecule has 1 unspecified atom stereocenters. The second-order valence-corrected chi connectivity index (χ2v) is 4.05. The van der Waals surface area contributed by atoms with E-state index in [0.717, 1.165) is 29.8 Å². The summed E-state index contributed by atoms with van der Waals surface area (Å²) in [6.45, 7) is 1.60. The molecule has 0 spiro atoms. The van der Waals surface area contributed by atoms with Gasteiger partial charge in [0.2, 0.25) is 0 Å². The molecule has 0 aromatic heterocycles. The van der Waals surface area contributed by atoms with Crippen molar-refractivity contribution in [2.75, 3.05) is 5.73 Å². The monoisotopic (exact) mass is 205 g/mol. The molecule has 0 amide bonds. The first-order valence-corrected chi connectivity index (χ1v) is 5.19. The Bertz CT molecular complexity index is 387. The largest absolute Gasteiger partial charge is 0.490 e. The molecule has 1 aliphatic rings. The average molecular weight is 205 g/mol. The molecule has 1 aromatic carbocycles. The number of nitrogen functional groups attached to an aromatic ring is 1. The molecule has 15 heavy (non-hydrogen) atoms. The van der Waals surface area contributed by atoms with Gasteiger partial charge in [-0.1, -0.05) is 0 Å². The number of ketones is 1. The molecule has 2 rings (SSSR count). The molecule has 1 aliphatic heterocycles. The van der Waals surface area contributed by atoms with Gasteiger partial charge in [-0.2, -0.15) is 0 Å². The van der Waals surface area contributed by atoms with Crippen LogP contribution in [-0.2, 0) is 11.2 Å². The summed E-state index contributed by atoms with van der Waals surface area (Å²) in [6.07, 6.45) is 2.39. The molecule has 1 heterocycles. The zero-order chi connectivity index (χ0) is 10.8. The molecule has 1 atom stereocenters. The van der Waals surface area contributed by atoms with Crippen molar-refractivity contribution in [2.24, 2.45) is 0 Å². The van der Waals surface area contributed by atoms with Crippen LogP contribution in [0.25, 0.3) is 0 Å². The Hall–Kier alpha value is -1.51. The van der Waals surface area contributed by atoms with E-state index in [4.69, 9.17) is 10.5 Å². The van der Waals surface area contributed by atoms with Gasteiger partial charge in [0.25, 0.3) is 0 Å². The van der Waals surface area contributed by atoms with Gasteiger partial charge < -0.3 is 10.5 Å². The van der Waals surface area contributed by atoms with Crippen molar-refractivity contribution in [2.45, 2.75) is 32.3 Å². The number of fused-ring (bicyclic) bond motifs is 1. The fraction of sp³-hybridized carbons (Fsp3) is 0.417. The highest BCUT2D eigenvalue weighted by Gasteiger charge is 2.20. The number of nitrogens with two attached hydrogens (primary N) is 1. The Kier molecular flexibility index (Phi) is 2.62. The molecule has 1 aromatic rings. The number of hydrogen-bond acceptors (Lipinski definition) is 3. The van der Waals surface area contributed by atoms with E-state index in [1.165, 1.54) is 0 Å². The third kappa shape index (κ3) is 2.29. The molecule has 0 saturated carbocycles. The lowest BCUT2D eigenvalue weighted by Crippen LogP contribution is -2.24. The van der Waals surface area contributed by atoms with Crippen LogP contribution in [0.2, 0.25) is 0 Å². The van der Waals surface area contributed by atoms with E-state index in [0.29, 0.717) is 6.42 Å². The third-order valence-corrected chi connectivity index (χ3v) is 2.63. The molecular formula is C12H15NO2. The number of benzene rings is 1. The Morgan fingerprint density at radius 2 is 2.40 bits per heavy atom. The first-order chi connectivity index (χ1) is 7.15. The minimum atomic E-state index is 0.0404. The van der Waals surface area contributed by atoms with Crippen molar-refractivity contribution < 1.29 is 9.53 Å². The van der Waals surface area contributed by atoms with Crippen LogP contribution in [0.1, 0.15) is 25.3 Å². The predicted octanol–water partition coefficient (Wildman–Crippen LogP) is 1.94. The number of anilines is 1. The Balaban J connectivity index is 2.13. The molecular weight excluding hydrogens is 190 g/mol. The number of rotatable bonds is 2. The standard InChI is InChI=1S/C12H15NO2/c1-8(14)6-11-4-2-9-7-10(13)3-5-12(9)15-11/h3,5,7,11H,2,4,6,13H2,1H3. The quantitative estimate of drug-likeness (QED) is 0.751. The summed E-state index contributed by atoms with van der Waals surface area (Å²) in [7, 11) is 0. The van der Waals surface area contributed by atoms with Crippen molar-refractivity contribution in [1.82, 2.24) is 0 Å². The van der Waals surface area contributed by atoms with Gasteiger partial charge in [-0.15, -0.1) is 0 Å². The minimum Gasteiger partial charge on any atom is -0.490 e. The normalized spacial score (nSPS) is 19.1. The first-order valence-electron chi connectivity index (χ1n) is 5.19. The number of ether oxygens (including phenoxy) is 1. The molecule has 3 heteroatoms. The fourth-order valence-electron chi connectivity index (χ4n) is 1.93. The zero-order valence-electron chi connectivity index (χ0n) is 8.82. The van der Waals surface area contributed by atoms with Crippen LogP contribution in [0, 0.1) is 0 Å². The topological polar surface area (TPSA) is 52.3 Å². The average Bonchev–Trinajstić information content (AvgIpc) is 2.17. The molecule has 2 N–H and O–H groups in total. The lowest BCUT2D eigenvalue weighted by Gasteiger charge is -2.25. The van der Waals surface area contributed by atoms with Crippen LogP contribution < -0.4 is 10.5 Å². The van der Waals surface area contributed by atoms with Crippen LogP contribution >= 0.6 is 0 Å². The van der Waals surface area contributed by atoms with Gasteiger partial charge in [-0.25, -0.2) is 0 Å². The maximum absolute atomic E-state index is 11.0. The summed E-state index contributed by atoms with van der Waals surface area (Å²) >= 11 is 0. The SMILES string of the molecule is CC(=O)CC1CCc2cc(N)ccc2O1. The van der Waals surface area contributed by atoms with Gasteiger partial charge in [-0.3, -0.25) is 4.79 Å². The molecule has 0 radical (unpaired) electrons. The summed E-state index contributed by atoms with van der Waals surface area (Å²) in [4.78, 5) is 11.0. The molecule has 80 valence electrons. The highest BCUT2D eigenvalue weighted by Crippen LogP contribution is 2.30. The van der Waals surface area contributed by atoms with E-state index in [2.05, 4.69) is 0 Å². The van der Waals surface area contributed by atoms with Crippen molar-refractivity contribution in [3.8, 4) is 5.75 Å². The summed E-state index contributed by atoms with van der Waals surface area (Å²) in [5.41, 5.74) is 7.60. The summed E-state index contributed by atoms with van der Waals surface area (Å²) < 4.78 is 5.72. The molecule has 3 nitrogen and oxygen atoms in total. The summed E-state index contributed by atoms with van der Waals surface area (Å²) in [5.74, 6) is 1.06. The van der Waals surface area contributed by atoms with Crippen LogP contribution in [0.15, 0.2) is 18.2 Å². The number of aryl methyl sites for hydroxylation is 1. The molecule has 0 saturated heterocycles. The van der Waals surface area contributed by atoms with E-state index < -0.39 is 0 Å². The number of hydrogen-bond donors (Lipinski definition) is 1. The van der Waals surface area contributed by atoms with E-state index in [9.17, 15) is 4.79 Å². The van der Waals surface area contributed by atoms with Crippen molar-refractivity contribution in [1.29, 1.82) is 0 Å². The Labute approximate surface area is 89.2 Å². The fourth-order valence-corrected chi connectivity index (χ4v) is 1.93. The van der Waals surface area contributed by atoms with E-state index >= 15 is 0 Å². The summed E-state index contributed by atoms with van der Waals surface area (Å²) in [6, 6.07) is 5.66. The second kappa shape index (κ2) is 3.93. The second-order valence-electron chi connectivity index (χ2n) is 4.05. The van der Waals surface area contributed by atoms with Gasteiger partial charge in [0.15, 0.2) is 0 Å². The summed E-state index contributed by atoms with van der Waals surface area (Å²) in [5, 5.41) is 0. The van der Waals surface area contributed by atoms with E-state index in [-0.39, 0.29) is 11.9 Å². The zero-order valence-corrected chi connectivity index (χ0v) is 8.82. The Morgan fingerprint density at radius 3 is 3.13 bits per heavy atom. The number of carbonyl (C=O) groups is 1. The van der Waals surface area contributed by atoms with Gasteiger partial charge in [0.05, 0.1) is 0 Å². The maximum atomic E-state index is 11.0. The van der Waals surface area contributed by atoms with Crippen molar-refractivity contribution in [3.05, 3.63) is 23.8 Å². The lowest BCUT2D eigenvalue weighted by atomic mass is 9.99. The molecule has 0 aliphatic carbocycles. The third-order valence-electron chi connectivity index (χ3n) is 2.63. The van der Waals surface area contributed by atoms with Crippen molar-refractivity contribution in [3.63, 3.8) is 0 Å². The number of Topliss-reactive ketones (excluding diaryl/α,β-unsaturated/α-hetero) is 1.